The molecule has 0 saturated carbocycles. The maximum absolute atomic E-state index is 13.4. The smallest absolute Gasteiger partial charge is 0.191 e. The Labute approximate surface area is 146 Å². The number of aromatic amines is 1. The van der Waals surface area contributed by atoms with Crippen molar-refractivity contribution in [2.24, 2.45) is 4.99 Å². The molecule has 0 bridgehead atoms. The van der Waals surface area contributed by atoms with Gasteiger partial charge in [0.25, 0.3) is 0 Å². The Balaban J connectivity index is 1.60. The summed E-state index contributed by atoms with van der Waals surface area (Å²) in [4.78, 5) is 12.0. The van der Waals surface area contributed by atoms with Crippen LogP contribution in [0, 0.1) is 5.82 Å². The van der Waals surface area contributed by atoms with E-state index in [2.05, 4.69) is 25.6 Å². The van der Waals surface area contributed by atoms with Gasteiger partial charge in [-0.15, -0.1) is 0 Å². The predicted octanol–water partition coefficient (Wildman–Crippen LogP) is 3.00. The van der Waals surface area contributed by atoms with Gasteiger partial charge in [-0.25, -0.2) is 9.38 Å². The van der Waals surface area contributed by atoms with E-state index in [1.54, 1.807) is 18.3 Å². The van der Waals surface area contributed by atoms with Crippen molar-refractivity contribution in [1.29, 1.82) is 0 Å². The Morgan fingerprint density at radius 3 is 2.96 bits per heavy atom. The topological polar surface area (TPSA) is 65.1 Å². The van der Waals surface area contributed by atoms with Crippen LogP contribution in [0.1, 0.15) is 18.2 Å². The molecule has 0 saturated heterocycles. The van der Waals surface area contributed by atoms with Crippen LogP contribution in [0.3, 0.4) is 0 Å². The lowest BCUT2D eigenvalue weighted by atomic mass is 10.1. The third-order valence-electron chi connectivity index (χ3n) is 3.89. The van der Waals surface area contributed by atoms with Crippen molar-refractivity contribution < 1.29 is 4.39 Å². The minimum absolute atomic E-state index is 0.216. The molecule has 5 nitrogen and oxygen atoms in total. The van der Waals surface area contributed by atoms with E-state index in [1.807, 2.05) is 31.3 Å². The molecule has 2 aromatic heterocycles. The van der Waals surface area contributed by atoms with E-state index in [9.17, 15) is 4.39 Å². The minimum Gasteiger partial charge on any atom is -0.361 e. The van der Waals surface area contributed by atoms with Gasteiger partial charge < -0.3 is 15.6 Å². The number of hydrogen-bond acceptors (Lipinski definition) is 2. The molecule has 0 amide bonds. The number of nitrogens with zero attached hydrogens (tertiary/aromatic N) is 2. The molecule has 0 radical (unpaired) electrons. The number of halogens is 1. The Morgan fingerprint density at radius 2 is 2.16 bits per heavy atom. The van der Waals surface area contributed by atoms with Crippen LogP contribution in [0.4, 0.5) is 4.39 Å². The van der Waals surface area contributed by atoms with Crippen molar-refractivity contribution in [3.05, 3.63) is 65.9 Å². The number of hydrogen-bond donors (Lipinski definition) is 3. The van der Waals surface area contributed by atoms with Crippen molar-refractivity contribution in [2.45, 2.75) is 19.9 Å². The van der Waals surface area contributed by atoms with Crippen LogP contribution in [0.5, 0.6) is 0 Å². The summed E-state index contributed by atoms with van der Waals surface area (Å²) >= 11 is 0. The van der Waals surface area contributed by atoms with Gasteiger partial charge in [-0.2, -0.15) is 0 Å². The van der Waals surface area contributed by atoms with E-state index < -0.39 is 0 Å². The standard InChI is InChI=1S/C19H22FN5/c1-2-21-19(25-13-16-5-3-4-9-22-16)23-10-8-14-12-24-18-7-6-15(20)11-17(14)18/h3-7,9,11-12,24H,2,8,10,13H2,1H3,(H2,21,23,25). The molecule has 0 aliphatic heterocycles. The van der Waals surface area contributed by atoms with Gasteiger partial charge in [-0.05, 0) is 49.2 Å². The highest BCUT2D eigenvalue weighted by atomic mass is 19.1. The van der Waals surface area contributed by atoms with Gasteiger partial charge in [0, 0.05) is 36.4 Å². The van der Waals surface area contributed by atoms with Crippen LogP contribution >= 0.6 is 0 Å². The van der Waals surface area contributed by atoms with Gasteiger partial charge in [0.1, 0.15) is 5.82 Å². The molecule has 0 aliphatic carbocycles. The summed E-state index contributed by atoms with van der Waals surface area (Å²) in [6.07, 6.45) is 4.47. The van der Waals surface area contributed by atoms with Crippen molar-refractivity contribution >= 4 is 16.9 Å². The molecule has 3 N–H and O–H groups in total. The molecule has 0 aliphatic rings. The van der Waals surface area contributed by atoms with Gasteiger partial charge in [0.05, 0.1) is 12.2 Å². The van der Waals surface area contributed by atoms with E-state index in [0.717, 1.165) is 41.1 Å². The zero-order chi connectivity index (χ0) is 17.5. The van der Waals surface area contributed by atoms with Crippen molar-refractivity contribution in [2.75, 3.05) is 13.1 Å². The van der Waals surface area contributed by atoms with Crippen LogP contribution in [0.25, 0.3) is 10.9 Å². The zero-order valence-corrected chi connectivity index (χ0v) is 14.2. The first-order valence-electron chi connectivity index (χ1n) is 8.44. The average Bonchev–Trinajstić information content (AvgIpc) is 3.03. The quantitative estimate of drug-likeness (QED) is 0.478. The first kappa shape index (κ1) is 17.0. The van der Waals surface area contributed by atoms with Gasteiger partial charge in [-0.1, -0.05) is 6.07 Å². The third-order valence-corrected chi connectivity index (χ3v) is 3.89. The van der Waals surface area contributed by atoms with Gasteiger partial charge in [0.15, 0.2) is 5.96 Å². The number of rotatable bonds is 6. The van der Waals surface area contributed by atoms with E-state index in [4.69, 9.17) is 0 Å². The van der Waals surface area contributed by atoms with Crippen molar-refractivity contribution in [3.63, 3.8) is 0 Å². The first-order valence-corrected chi connectivity index (χ1v) is 8.44. The maximum Gasteiger partial charge on any atom is 0.191 e. The summed E-state index contributed by atoms with van der Waals surface area (Å²) in [7, 11) is 0. The van der Waals surface area contributed by atoms with E-state index in [1.165, 1.54) is 6.07 Å². The Kier molecular flexibility index (Phi) is 5.61. The molecule has 0 unspecified atom stereocenters. The third kappa shape index (κ3) is 4.56. The summed E-state index contributed by atoms with van der Waals surface area (Å²) < 4.78 is 13.4. The fourth-order valence-electron chi connectivity index (χ4n) is 2.67. The van der Waals surface area contributed by atoms with Crippen LogP contribution in [-0.2, 0) is 13.0 Å². The predicted molar refractivity (Wildman–Crippen MR) is 99.0 cm³/mol. The molecule has 0 spiro atoms. The summed E-state index contributed by atoms with van der Waals surface area (Å²) in [5, 5.41) is 7.46. The molecule has 0 atom stereocenters. The minimum atomic E-state index is -0.216. The number of nitrogens with one attached hydrogen (secondary N) is 3. The molecule has 130 valence electrons. The van der Waals surface area contributed by atoms with E-state index >= 15 is 0 Å². The second-order valence-electron chi connectivity index (χ2n) is 5.70. The van der Waals surface area contributed by atoms with Gasteiger partial charge >= 0.3 is 0 Å². The molecule has 3 rings (SSSR count). The van der Waals surface area contributed by atoms with E-state index in [-0.39, 0.29) is 5.82 Å². The Bertz CT molecular complexity index is 841. The number of pyridine rings is 1. The van der Waals surface area contributed by atoms with Crippen LogP contribution in [0.2, 0.25) is 0 Å². The van der Waals surface area contributed by atoms with Gasteiger partial charge in [-0.3, -0.25) is 4.98 Å². The number of aliphatic imine (C=N–C) groups is 1. The average molecular weight is 339 g/mol. The number of benzene rings is 1. The molecule has 25 heavy (non-hydrogen) atoms. The summed E-state index contributed by atoms with van der Waals surface area (Å²) in [5.74, 6) is 0.533. The molecule has 6 heteroatoms. The molecular formula is C19H22FN5. The number of H-pyrrole nitrogens is 1. The number of fused-ring (bicyclic) bond motifs is 1. The fourth-order valence-corrected chi connectivity index (χ4v) is 2.67. The largest absolute Gasteiger partial charge is 0.361 e. The summed E-state index contributed by atoms with van der Waals surface area (Å²) in [6.45, 7) is 4.04. The maximum atomic E-state index is 13.4. The lowest BCUT2D eigenvalue weighted by Gasteiger charge is -2.11. The second-order valence-corrected chi connectivity index (χ2v) is 5.70. The highest BCUT2D eigenvalue weighted by Crippen LogP contribution is 2.19. The lowest BCUT2D eigenvalue weighted by Crippen LogP contribution is -2.38. The Hall–Kier alpha value is -2.89. The van der Waals surface area contributed by atoms with Crippen LogP contribution < -0.4 is 10.6 Å². The van der Waals surface area contributed by atoms with Crippen molar-refractivity contribution in [1.82, 2.24) is 20.6 Å². The first-order chi connectivity index (χ1) is 12.3. The summed E-state index contributed by atoms with van der Waals surface area (Å²) in [6, 6.07) is 10.6. The molecule has 1 aromatic carbocycles. The molecule has 0 fully saturated rings. The van der Waals surface area contributed by atoms with Crippen LogP contribution in [0.15, 0.2) is 53.8 Å². The molecular weight excluding hydrogens is 317 g/mol. The normalized spacial score (nSPS) is 11.7. The highest BCUT2D eigenvalue weighted by molar-refractivity contribution is 5.83. The fraction of sp³-hybridized carbons (Fsp3) is 0.263. The summed E-state index contributed by atoms with van der Waals surface area (Å²) in [5.41, 5.74) is 2.96. The zero-order valence-electron chi connectivity index (χ0n) is 14.2. The van der Waals surface area contributed by atoms with Crippen molar-refractivity contribution in [3.8, 4) is 0 Å². The molecule has 2 heterocycles. The molecule has 3 aromatic rings. The lowest BCUT2D eigenvalue weighted by molar-refractivity contribution is 0.629. The second kappa shape index (κ2) is 8.28. The highest BCUT2D eigenvalue weighted by Gasteiger charge is 2.05. The van der Waals surface area contributed by atoms with E-state index in [0.29, 0.717) is 13.1 Å². The Morgan fingerprint density at radius 1 is 1.24 bits per heavy atom. The van der Waals surface area contributed by atoms with Gasteiger partial charge in [0.2, 0.25) is 0 Å². The SMILES string of the molecule is CCNC(=NCc1ccccn1)NCCc1c[nH]c2ccc(F)cc12. The van der Waals surface area contributed by atoms with Crippen LogP contribution in [-0.4, -0.2) is 29.0 Å². The number of aromatic nitrogens is 2. The monoisotopic (exact) mass is 339 g/mol. The number of guanidine groups is 1.